The molecule has 162 valence electrons. The topological polar surface area (TPSA) is 99.8 Å². The van der Waals surface area contributed by atoms with Crippen molar-refractivity contribution in [3.63, 3.8) is 0 Å². The van der Waals surface area contributed by atoms with E-state index < -0.39 is 15.5 Å². The fourth-order valence-corrected chi connectivity index (χ4v) is 3.92. The lowest BCUT2D eigenvalue weighted by Crippen LogP contribution is -2.51. The van der Waals surface area contributed by atoms with Crippen LogP contribution in [0, 0.1) is 13.8 Å². The fraction of sp³-hybridized carbons (Fsp3) is 0.733. The van der Waals surface area contributed by atoms with E-state index in [1.54, 1.807) is 7.05 Å². The Kier molecular flexibility index (Phi) is 8.99. The first kappa shape index (κ1) is 24.9. The van der Waals surface area contributed by atoms with Crippen molar-refractivity contribution in [2.75, 3.05) is 26.7 Å². The molecule has 8 nitrogen and oxygen atoms in total. The van der Waals surface area contributed by atoms with Gasteiger partial charge in [0.25, 0.3) is 0 Å². The lowest BCUT2D eigenvalue weighted by atomic mass is 10.1. The molecule has 2 heterocycles. The largest absolute Gasteiger partial charge is 0.511 e. The van der Waals surface area contributed by atoms with Crippen molar-refractivity contribution in [1.82, 2.24) is 20.1 Å². The maximum atomic E-state index is 12.6. The fourth-order valence-electron chi connectivity index (χ4n) is 2.94. The molecule has 1 aromatic rings. The summed E-state index contributed by atoms with van der Waals surface area (Å²) in [6, 6.07) is -0.157. The van der Waals surface area contributed by atoms with E-state index in [0.29, 0.717) is 23.2 Å². The van der Waals surface area contributed by atoms with E-state index in [1.807, 2.05) is 13.8 Å². The number of aromatic nitrogens is 1. The molecule has 13 heteroatoms. The Bertz CT molecular complexity index is 755. The Morgan fingerprint density at radius 3 is 2.39 bits per heavy atom. The van der Waals surface area contributed by atoms with Crippen molar-refractivity contribution in [3.05, 3.63) is 17.0 Å². The Hall–Kier alpha value is -1.09. The van der Waals surface area contributed by atoms with Gasteiger partial charge < -0.3 is 15.2 Å². The molecule has 1 saturated heterocycles. The normalized spacial score (nSPS) is 17.3. The third-order valence-corrected chi connectivity index (χ3v) is 6.13. The summed E-state index contributed by atoms with van der Waals surface area (Å²) in [6.07, 6.45) is 1.21. The van der Waals surface area contributed by atoms with Crippen LogP contribution in [0.2, 0.25) is 0 Å². The minimum atomic E-state index is -5.26. The second-order valence-electron chi connectivity index (χ2n) is 6.32. The Morgan fingerprint density at radius 1 is 1.32 bits per heavy atom. The number of alkyl halides is 3. The average Bonchev–Trinajstić information content (AvgIpc) is 2.92. The number of nitrogens with one attached hydrogen (secondary N) is 2. The summed E-state index contributed by atoms with van der Waals surface area (Å²) < 4.78 is 66.3. The number of piperidine rings is 1. The third kappa shape index (κ3) is 5.95. The zero-order valence-electron chi connectivity index (χ0n) is 15.8. The summed E-state index contributed by atoms with van der Waals surface area (Å²) in [5.74, 6) is 1.27. The minimum absolute atomic E-state index is 0. The number of aryl methyl sites for hydroxylation is 2. The predicted octanol–water partition coefficient (Wildman–Crippen LogP) is 1.93. The van der Waals surface area contributed by atoms with Gasteiger partial charge in [-0.25, -0.2) is 8.42 Å². The summed E-state index contributed by atoms with van der Waals surface area (Å²) in [5.41, 5.74) is -3.41. The van der Waals surface area contributed by atoms with Crippen molar-refractivity contribution >= 4 is 40.0 Å². The molecule has 2 rings (SSSR count). The number of aliphatic imine (C=N–C) groups is 1. The number of rotatable bonds is 5. The van der Waals surface area contributed by atoms with Crippen LogP contribution in [-0.2, 0) is 16.4 Å². The van der Waals surface area contributed by atoms with E-state index in [2.05, 4.69) is 20.8 Å². The first-order valence-corrected chi connectivity index (χ1v) is 9.95. The van der Waals surface area contributed by atoms with Gasteiger partial charge in [0, 0.05) is 38.3 Å². The highest BCUT2D eigenvalue weighted by molar-refractivity contribution is 14.0. The summed E-state index contributed by atoms with van der Waals surface area (Å²) in [4.78, 5) is 4.10. The van der Waals surface area contributed by atoms with Crippen LogP contribution in [0.1, 0.15) is 29.9 Å². The second kappa shape index (κ2) is 10.1. The highest BCUT2D eigenvalue weighted by Crippen LogP contribution is 2.28. The van der Waals surface area contributed by atoms with Gasteiger partial charge in [-0.05, 0) is 33.1 Å². The highest BCUT2D eigenvalue weighted by Gasteiger charge is 2.50. The van der Waals surface area contributed by atoms with Crippen molar-refractivity contribution < 1.29 is 26.1 Å². The van der Waals surface area contributed by atoms with Crippen LogP contribution in [0.3, 0.4) is 0 Å². The Morgan fingerprint density at radius 2 is 1.93 bits per heavy atom. The quantitative estimate of drug-likeness (QED) is 0.337. The molecule has 28 heavy (non-hydrogen) atoms. The van der Waals surface area contributed by atoms with Gasteiger partial charge in [0.1, 0.15) is 5.76 Å². The van der Waals surface area contributed by atoms with Gasteiger partial charge in [0.2, 0.25) is 0 Å². The SMILES string of the molecule is CN=C(NCCc1c(C)noc1C)NC1CCN(S(=O)(=O)C(F)(F)F)CC1.I. The molecule has 0 unspecified atom stereocenters. The van der Waals surface area contributed by atoms with E-state index in [0.717, 1.165) is 17.0 Å². The smallest absolute Gasteiger partial charge is 0.361 e. The molecule has 1 aliphatic rings. The van der Waals surface area contributed by atoms with Gasteiger partial charge in [-0.15, -0.1) is 24.0 Å². The number of hydrogen-bond acceptors (Lipinski definition) is 5. The van der Waals surface area contributed by atoms with Crippen LogP contribution < -0.4 is 10.6 Å². The molecule has 0 atom stereocenters. The third-order valence-electron chi connectivity index (χ3n) is 4.50. The number of hydrogen-bond donors (Lipinski definition) is 2. The molecule has 0 bridgehead atoms. The molecule has 1 aliphatic heterocycles. The van der Waals surface area contributed by atoms with Gasteiger partial charge in [0.15, 0.2) is 5.96 Å². The summed E-state index contributed by atoms with van der Waals surface area (Å²) >= 11 is 0. The molecule has 0 saturated carbocycles. The van der Waals surface area contributed by atoms with Gasteiger partial charge in [-0.3, -0.25) is 4.99 Å². The van der Waals surface area contributed by atoms with Crippen LogP contribution in [0.15, 0.2) is 9.52 Å². The molecule has 2 N–H and O–H groups in total. The zero-order valence-corrected chi connectivity index (χ0v) is 19.0. The Labute approximate surface area is 179 Å². The maximum absolute atomic E-state index is 12.6. The summed E-state index contributed by atoms with van der Waals surface area (Å²) in [7, 11) is -3.67. The lowest BCUT2D eigenvalue weighted by molar-refractivity contribution is -0.0494. The van der Waals surface area contributed by atoms with Gasteiger partial charge in [-0.2, -0.15) is 17.5 Å². The van der Waals surface area contributed by atoms with Crippen LogP contribution >= 0.6 is 24.0 Å². The number of guanidine groups is 1. The van der Waals surface area contributed by atoms with Crippen LogP contribution in [0.5, 0.6) is 0 Å². The molecule has 1 fully saturated rings. The zero-order chi connectivity index (χ0) is 20.2. The van der Waals surface area contributed by atoms with E-state index in [-0.39, 0.29) is 55.9 Å². The first-order valence-electron chi connectivity index (χ1n) is 8.51. The predicted molar refractivity (Wildman–Crippen MR) is 109 cm³/mol. The minimum Gasteiger partial charge on any atom is -0.361 e. The standard InChI is InChI=1S/C15H24F3N5O3S.HI/c1-10-13(11(2)26-22-10)4-7-20-14(19-3)21-12-5-8-23(9-6-12)27(24,25)15(16,17)18;/h12H,4-9H2,1-3H3,(H2,19,20,21);1H. The molecular formula is C15H25F3IN5O3S. The van der Waals surface area contributed by atoms with Gasteiger partial charge >= 0.3 is 15.5 Å². The number of halogens is 4. The summed E-state index contributed by atoms with van der Waals surface area (Å²) in [5, 5.41) is 10.1. The van der Waals surface area contributed by atoms with Crippen LogP contribution in [-0.4, -0.2) is 62.1 Å². The van der Waals surface area contributed by atoms with Crippen LogP contribution in [0.25, 0.3) is 0 Å². The maximum Gasteiger partial charge on any atom is 0.511 e. The number of nitrogens with zero attached hydrogens (tertiary/aromatic N) is 3. The van der Waals surface area contributed by atoms with Crippen molar-refractivity contribution in [2.45, 2.75) is 44.7 Å². The highest BCUT2D eigenvalue weighted by atomic mass is 127. The summed E-state index contributed by atoms with van der Waals surface area (Å²) in [6.45, 7) is 3.90. The molecule has 0 aliphatic carbocycles. The monoisotopic (exact) mass is 539 g/mol. The van der Waals surface area contributed by atoms with Crippen LogP contribution in [0.4, 0.5) is 13.2 Å². The molecule has 0 radical (unpaired) electrons. The van der Waals surface area contributed by atoms with E-state index in [1.165, 1.54) is 0 Å². The van der Waals surface area contributed by atoms with Crippen molar-refractivity contribution in [3.8, 4) is 0 Å². The second-order valence-corrected chi connectivity index (χ2v) is 8.25. The van der Waals surface area contributed by atoms with E-state index in [9.17, 15) is 21.6 Å². The van der Waals surface area contributed by atoms with E-state index >= 15 is 0 Å². The van der Waals surface area contributed by atoms with Gasteiger partial charge in [-0.1, -0.05) is 5.16 Å². The van der Waals surface area contributed by atoms with Gasteiger partial charge in [0.05, 0.1) is 5.69 Å². The number of sulfonamides is 1. The lowest BCUT2D eigenvalue weighted by Gasteiger charge is -2.32. The molecular weight excluding hydrogens is 514 g/mol. The van der Waals surface area contributed by atoms with E-state index in [4.69, 9.17) is 4.52 Å². The molecule has 0 aromatic carbocycles. The average molecular weight is 539 g/mol. The first-order chi connectivity index (χ1) is 12.6. The molecule has 1 aromatic heterocycles. The molecule has 0 amide bonds. The molecule has 0 spiro atoms. The van der Waals surface area contributed by atoms with Crippen molar-refractivity contribution in [2.24, 2.45) is 4.99 Å². The Balaban J connectivity index is 0.00000392. The van der Waals surface area contributed by atoms with Crippen molar-refractivity contribution in [1.29, 1.82) is 0 Å².